The van der Waals surface area contributed by atoms with Crippen molar-refractivity contribution in [1.82, 2.24) is 10.2 Å². The number of carbonyl (C=O) groups is 1. The fourth-order valence-electron chi connectivity index (χ4n) is 1.66. The van der Waals surface area contributed by atoms with E-state index in [2.05, 4.69) is 15.5 Å². The molecule has 0 fully saturated rings. The van der Waals surface area contributed by atoms with Gasteiger partial charge in [-0.05, 0) is 18.6 Å². The van der Waals surface area contributed by atoms with Gasteiger partial charge in [-0.25, -0.2) is 0 Å². The Bertz CT molecular complexity index is 574. The van der Waals surface area contributed by atoms with E-state index in [0.29, 0.717) is 28.9 Å². The number of carbonyl (C=O) groups excluding carboxylic acids is 1. The molecule has 0 unspecified atom stereocenters. The highest BCUT2D eigenvalue weighted by Crippen LogP contribution is 2.18. The molecule has 0 radical (unpaired) electrons. The summed E-state index contributed by atoms with van der Waals surface area (Å²) in [5.41, 5.74) is 0. The number of nitrogens with one attached hydrogen (secondary N) is 1. The maximum atomic E-state index is 12.2. The average molecular weight is 307 g/mol. The molecular formula is C14H17N3O3S. The summed E-state index contributed by atoms with van der Waals surface area (Å²) in [7, 11) is 1.58. The third kappa shape index (κ3) is 4.51. The minimum absolute atomic E-state index is 0.235. The monoisotopic (exact) mass is 307 g/mol. The molecule has 1 N–H and O–H groups in total. The minimum Gasteiger partial charge on any atom is -0.481 e. The zero-order chi connectivity index (χ0) is 15.1. The fourth-order valence-corrected chi connectivity index (χ4v) is 2.37. The molecular weight excluding hydrogens is 290 g/mol. The second-order valence-electron chi connectivity index (χ2n) is 4.25. The van der Waals surface area contributed by atoms with E-state index in [9.17, 15) is 4.79 Å². The van der Waals surface area contributed by atoms with E-state index < -0.39 is 6.10 Å². The molecule has 7 heteroatoms. The number of methoxy groups -OCH3 is 1. The number of hydrogen-bond donors (Lipinski definition) is 1. The highest BCUT2D eigenvalue weighted by molar-refractivity contribution is 7.15. The van der Waals surface area contributed by atoms with Crippen molar-refractivity contribution in [2.75, 3.05) is 12.4 Å². The van der Waals surface area contributed by atoms with Crippen molar-refractivity contribution in [1.29, 1.82) is 0 Å². The summed E-state index contributed by atoms with van der Waals surface area (Å²) < 4.78 is 10.6. The summed E-state index contributed by atoms with van der Waals surface area (Å²) in [6.45, 7) is 2.27. The van der Waals surface area contributed by atoms with Gasteiger partial charge in [0.25, 0.3) is 5.91 Å². The quantitative estimate of drug-likeness (QED) is 0.850. The number of nitrogens with zero attached hydrogens (tertiary/aromatic N) is 2. The van der Waals surface area contributed by atoms with Gasteiger partial charge >= 0.3 is 0 Å². The molecule has 0 aliphatic heterocycles. The molecule has 1 amide bonds. The molecule has 0 spiro atoms. The Morgan fingerprint density at radius 3 is 2.76 bits per heavy atom. The molecule has 0 aliphatic carbocycles. The summed E-state index contributed by atoms with van der Waals surface area (Å²) in [6.07, 6.45) is -0.00745. The number of para-hydroxylation sites is 1. The van der Waals surface area contributed by atoms with E-state index in [0.717, 1.165) is 0 Å². The van der Waals surface area contributed by atoms with Crippen molar-refractivity contribution in [3.63, 3.8) is 0 Å². The Morgan fingerprint density at radius 1 is 1.33 bits per heavy atom. The Hall–Kier alpha value is -1.99. The van der Waals surface area contributed by atoms with E-state index in [-0.39, 0.29) is 5.91 Å². The second-order valence-corrected chi connectivity index (χ2v) is 5.31. The molecule has 2 aromatic rings. The van der Waals surface area contributed by atoms with Crippen molar-refractivity contribution >= 4 is 22.4 Å². The maximum absolute atomic E-state index is 12.2. The first-order valence-electron chi connectivity index (χ1n) is 6.56. The van der Waals surface area contributed by atoms with Gasteiger partial charge in [0.05, 0.1) is 0 Å². The van der Waals surface area contributed by atoms with Crippen LogP contribution in [0.1, 0.15) is 18.4 Å². The molecule has 0 bridgehead atoms. The van der Waals surface area contributed by atoms with Crippen molar-refractivity contribution < 1.29 is 14.3 Å². The SMILES string of the molecule is CC[C@H](Oc1ccccc1)C(=O)Nc1nnc(COC)s1. The van der Waals surface area contributed by atoms with Gasteiger partial charge in [0.15, 0.2) is 6.10 Å². The largest absolute Gasteiger partial charge is 0.481 e. The van der Waals surface area contributed by atoms with Crippen LogP contribution in [0.25, 0.3) is 0 Å². The van der Waals surface area contributed by atoms with Crippen LogP contribution < -0.4 is 10.1 Å². The van der Waals surface area contributed by atoms with Crippen LogP contribution in [-0.4, -0.2) is 29.3 Å². The number of hydrogen-bond acceptors (Lipinski definition) is 6. The molecule has 1 atom stereocenters. The summed E-state index contributed by atoms with van der Waals surface area (Å²) in [5, 5.41) is 11.7. The molecule has 0 saturated carbocycles. The molecule has 0 aliphatic rings. The maximum Gasteiger partial charge on any atom is 0.267 e. The van der Waals surface area contributed by atoms with E-state index in [1.54, 1.807) is 7.11 Å². The van der Waals surface area contributed by atoms with Crippen molar-refractivity contribution in [3.8, 4) is 5.75 Å². The molecule has 1 aromatic carbocycles. The van der Waals surface area contributed by atoms with E-state index in [1.807, 2.05) is 37.3 Å². The van der Waals surface area contributed by atoms with Crippen LogP contribution in [0, 0.1) is 0 Å². The number of aromatic nitrogens is 2. The highest BCUT2D eigenvalue weighted by atomic mass is 32.1. The van der Waals surface area contributed by atoms with Gasteiger partial charge < -0.3 is 9.47 Å². The second kappa shape index (κ2) is 7.70. The Kier molecular flexibility index (Phi) is 5.65. The average Bonchev–Trinajstić information content (AvgIpc) is 2.93. The van der Waals surface area contributed by atoms with Gasteiger partial charge in [-0.2, -0.15) is 0 Å². The van der Waals surface area contributed by atoms with Crippen molar-refractivity contribution in [2.24, 2.45) is 0 Å². The Labute approximate surface area is 127 Å². The van der Waals surface area contributed by atoms with Crippen LogP contribution in [0.2, 0.25) is 0 Å². The summed E-state index contributed by atoms with van der Waals surface area (Å²) >= 11 is 1.29. The zero-order valence-corrected chi connectivity index (χ0v) is 12.7. The lowest BCUT2D eigenvalue weighted by Gasteiger charge is -2.16. The lowest BCUT2D eigenvalue weighted by atomic mass is 10.2. The van der Waals surface area contributed by atoms with Crippen LogP contribution in [0.15, 0.2) is 30.3 Å². The van der Waals surface area contributed by atoms with Crippen LogP contribution >= 0.6 is 11.3 Å². The summed E-state index contributed by atoms with van der Waals surface area (Å²) in [5.74, 6) is 0.429. The van der Waals surface area contributed by atoms with Crippen molar-refractivity contribution in [3.05, 3.63) is 35.3 Å². The fraction of sp³-hybridized carbons (Fsp3) is 0.357. The molecule has 0 saturated heterocycles. The van der Waals surface area contributed by atoms with Crippen LogP contribution in [0.4, 0.5) is 5.13 Å². The third-order valence-electron chi connectivity index (χ3n) is 2.65. The zero-order valence-electron chi connectivity index (χ0n) is 11.9. The number of anilines is 1. The third-order valence-corrected chi connectivity index (χ3v) is 3.46. The topological polar surface area (TPSA) is 73.3 Å². The normalized spacial score (nSPS) is 11.9. The van der Waals surface area contributed by atoms with Crippen LogP contribution in [0.5, 0.6) is 5.75 Å². The van der Waals surface area contributed by atoms with Gasteiger partial charge in [0.2, 0.25) is 5.13 Å². The predicted octanol–water partition coefficient (Wildman–Crippen LogP) is 2.48. The minimum atomic E-state index is -0.567. The van der Waals surface area contributed by atoms with Gasteiger partial charge in [-0.3, -0.25) is 10.1 Å². The van der Waals surface area contributed by atoms with Gasteiger partial charge in [-0.15, -0.1) is 10.2 Å². The molecule has 112 valence electrons. The number of ether oxygens (including phenoxy) is 2. The van der Waals surface area contributed by atoms with Crippen LogP contribution in [0.3, 0.4) is 0 Å². The van der Waals surface area contributed by atoms with Crippen molar-refractivity contribution in [2.45, 2.75) is 26.1 Å². The van der Waals surface area contributed by atoms with Crippen LogP contribution in [-0.2, 0) is 16.1 Å². The van der Waals surface area contributed by atoms with Gasteiger partial charge in [0.1, 0.15) is 17.4 Å². The lowest BCUT2D eigenvalue weighted by Crippen LogP contribution is -2.32. The van der Waals surface area contributed by atoms with Gasteiger partial charge in [0, 0.05) is 7.11 Å². The predicted molar refractivity (Wildman–Crippen MR) is 80.4 cm³/mol. The molecule has 6 nitrogen and oxygen atoms in total. The first kappa shape index (κ1) is 15.4. The number of benzene rings is 1. The van der Waals surface area contributed by atoms with Gasteiger partial charge in [-0.1, -0.05) is 36.5 Å². The van der Waals surface area contributed by atoms with E-state index in [4.69, 9.17) is 9.47 Å². The first-order valence-corrected chi connectivity index (χ1v) is 7.38. The summed E-state index contributed by atoms with van der Waals surface area (Å²) in [4.78, 5) is 12.2. The molecule has 1 heterocycles. The number of rotatable bonds is 7. The standard InChI is InChI=1S/C14H17N3O3S/c1-3-11(20-10-7-5-4-6-8-10)13(18)15-14-17-16-12(21-14)9-19-2/h4-8,11H,3,9H2,1-2H3,(H,15,17,18)/t11-/m0/s1. The first-order chi connectivity index (χ1) is 10.2. The van der Waals surface area contributed by atoms with E-state index >= 15 is 0 Å². The number of amides is 1. The molecule has 2 rings (SSSR count). The molecule has 21 heavy (non-hydrogen) atoms. The smallest absolute Gasteiger partial charge is 0.267 e. The summed E-state index contributed by atoms with van der Waals surface area (Å²) in [6, 6.07) is 9.26. The molecule has 1 aromatic heterocycles. The Balaban J connectivity index is 1.96. The van der Waals surface area contributed by atoms with E-state index in [1.165, 1.54) is 11.3 Å². The Morgan fingerprint density at radius 2 is 2.10 bits per heavy atom. The lowest BCUT2D eigenvalue weighted by molar-refractivity contribution is -0.122. The highest BCUT2D eigenvalue weighted by Gasteiger charge is 2.20.